The van der Waals surface area contributed by atoms with Gasteiger partial charge in [-0.1, -0.05) is 166 Å². The van der Waals surface area contributed by atoms with Crippen LogP contribution in [0.4, 0.5) is 4.79 Å². The normalized spacial score (nSPS) is 14.1. The van der Waals surface area contributed by atoms with Gasteiger partial charge >= 0.3 is 6.09 Å². The Balaban J connectivity index is 0.000000221. The molecule has 5 amide bonds. The lowest BCUT2D eigenvalue weighted by atomic mass is 10.2. The van der Waals surface area contributed by atoms with Crippen molar-refractivity contribution in [3.05, 3.63) is 206 Å². The number of carbonyl (C=O) groups excluding carboxylic acids is 5. The SMILES string of the molecule is C=CCNC(=O)c1ccc(Cl)s1.NCc1ccccc1.O=C(NCC(O)CNCc1ccccc1)c1ccc(Cl)s1.O=C(NCC1CN(Cc2ccccc2)C(=O)O1)c1ccc(Cl)s1.O=C(NCC1CO1)c1ccc(Cl)s1.[2H]CI. The third-order valence-electron chi connectivity index (χ3n) is 10.3. The lowest BCUT2D eigenvalue weighted by molar-refractivity contribution is 0.0914. The summed E-state index contributed by atoms with van der Waals surface area (Å²) in [6.45, 7) is 8.52. The number of rotatable bonds is 19. The van der Waals surface area contributed by atoms with Crippen LogP contribution < -0.4 is 32.3 Å². The average Bonchev–Trinajstić information content (AvgIpc) is 3.96. The van der Waals surface area contributed by atoms with Gasteiger partial charge in [-0.15, -0.1) is 51.9 Å². The molecule has 2 fully saturated rings. The van der Waals surface area contributed by atoms with E-state index in [0.29, 0.717) is 87.6 Å². The number of benzene rings is 3. The third kappa shape index (κ3) is 26.9. The van der Waals surface area contributed by atoms with Crippen LogP contribution in [-0.4, -0.2) is 109 Å². The second-order valence-corrected chi connectivity index (χ2v) is 23.2. The van der Waals surface area contributed by atoms with Crippen LogP contribution in [0.2, 0.25) is 17.3 Å². The molecule has 2 aliphatic heterocycles. The maximum absolute atomic E-state index is 12.0. The molecule has 0 aliphatic carbocycles. The number of alkyl halides is 1. The Labute approximate surface area is 511 Å². The molecule has 79 heavy (non-hydrogen) atoms. The number of nitrogens with one attached hydrogen (secondary N) is 5. The highest BCUT2D eigenvalue weighted by molar-refractivity contribution is 14.1. The van der Waals surface area contributed by atoms with Crippen LogP contribution in [0.15, 0.2) is 152 Å². The molecule has 4 aromatic heterocycles. The highest BCUT2D eigenvalue weighted by Crippen LogP contribution is 2.24. The van der Waals surface area contributed by atoms with Gasteiger partial charge in [-0.05, 0) is 70.1 Å². The molecule has 3 aromatic carbocycles. The van der Waals surface area contributed by atoms with Crippen LogP contribution in [0.3, 0.4) is 0 Å². The standard InChI is InChI=1S/C16H15ClN2O3S.C15H17ClN2O2S.C8H8ClNO2S.C8H8ClNOS.C7H9N.CH3I/c17-14-7-6-13(23-14)15(20)18-8-12-10-19(16(21)22-12)9-11-4-2-1-3-5-11;16-14-7-6-13(21-14)15(20)18-10-12(19)9-17-8-11-4-2-1-3-5-11;9-7-2-1-6(13-7)8(11)10-3-5-4-12-5;1-2-5-10-8(11)6-3-4-7(9)12-6;8-6-7-4-2-1-3-5-7;1-2/h1-7,12H,8-10H2,(H,18,20);1-7,12,17,19H,8-10H2,(H,18,20);1-2,5H,3-4H2,(H,10,11);2-4H,1,5H2,(H,10,11);1-5H,6,8H2;1H3/i;;;;;1D. The van der Waals surface area contributed by atoms with Crippen molar-refractivity contribution in [2.24, 2.45) is 5.73 Å². The van der Waals surface area contributed by atoms with Gasteiger partial charge in [0.1, 0.15) is 6.10 Å². The van der Waals surface area contributed by atoms with E-state index in [4.69, 9.17) is 63.0 Å². The molecule has 422 valence electrons. The minimum absolute atomic E-state index is 0.0765. The molecule has 6 heterocycles. The fraction of sp³-hybridized carbons (Fsp3) is 0.255. The Bertz CT molecular complexity index is 2940. The van der Waals surface area contributed by atoms with E-state index in [0.717, 1.165) is 17.7 Å². The molecule has 9 rings (SSSR count). The lowest BCUT2D eigenvalue weighted by Gasteiger charge is -2.12. The predicted molar refractivity (Wildman–Crippen MR) is 332 cm³/mol. The lowest BCUT2D eigenvalue weighted by Crippen LogP contribution is -2.37. The smallest absolute Gasteiger partial charge is 0.410 e. The number of carbonyl (C=O) groups is 5. The van der Waals surface area contributed by atoms with Gasteiger partial charge in [-0.3, -0.25) is 19.2 Å². The molecular weight excluding hydrogens is 1280 g/mol. The first-order valence-electron chi connectivity index (χ1n) is 24.7. The zero-order chi connectivity index (χ0) is 58.1. The first-order chi connectivity index (χ1) is 38.6. The fourth-order valence-electron chi connectivity index (χ4n) is 6.35. The van der Waals surface area contributed by atoms with Crippen LogP contribution in [-0.2, 0) is 29.1 Å². The minimum Gasteiger partial charge on any atom is -0.442 e. The molecule has 24 heteroatoms. The van der Waals surface area contributed by atoms with Gasteiger partial charge in [0.25, 0.3) is 23.6 Å². The highest BCUT2D eigenvalue weighted by atomic mass is 127. The first kappa shape index (κ1) is 64.9. The zero-order valence-corrected chi connectivity index (χ0v) is 50.9. The summed E-state index contributed by atoms with van der Waals surface area (Å²) in [5.41, 5.74) is 8.74. The number of aliphatic hydroxyl groups excluding tert-OH is 1. The quantitative estimate of drug-likeness (QED) is 0.0176. The van der Waals surface area contributed by atoms with Gasteiger partial charge in [-0.25, -0.2) is 4.79 Å². The molecular formula is C55H60Cl4IN7O8S4. The van der Waals surface area contributed by atoms with E-state index in [1.807, 2.05) is 114 Å². The number of cyclic esters (lactones) is 1. The van der Waals surface area contributed by atoms with Crippen molar-refractivity contribution in [3.8, 4) is 0 Å². The topological polar surface area (TPSA) is 217 Å². The summed E-state index contributed by atoms with van der Waals surface area (Å²) in [4.78, 5) is 62.7. The van der Waals surface area contributed by atoms with Crippen molar-refractivity contribution in [2.45, 2.75) is 37.9 Å². The maximum Gasteiger partial charge on any atom is 0.410 e. The van der Waals surface area contributed by atoms with Crippen molar-refractivity contribution >= 4 is 144 Å². The van der Waals surface area contributed by atoms with Crippen LogP contribution >= 0.6 is 114 Å². The van der Waals surface area contributed by atoms with Crippen LogP contribution in [0.5, 0.6) is 0 Å². The van der Waals surface area contributed by atoms with E-state index >= 15 is 0 Å². The molecule has 15 nitrogen and oxygen atoms in total. The van der Waals surface area contributed by atoms with Crippen molar-refractivity contribution in [1.82, 2.24) is 31.5 Å². The number of epoxide rings is 1. The molecule has 8 N–H and O–H groups in total. The maximum atomic E-state index is 12.0. The molecule has 2 saturated heterocycles. The molecule has 0 radical (unpaired) electrons. The number of nitrogens with two attached hydrogens (primary N) is 1. The minimum atomic E-state index is -0.631. The second-order valence-electron chi connectivity index (χ2n) is 16.3. The monoisotopic (exact) mass is 1340 g/mol. The summed E-state index contributed by atoms with van der Waals surface area (Å²) in [7, 11) is 0. The molecule has 7 aromatic rings. The molecule has 3 atom stereocenters. The average molecular weight is 1350 g/mol. The van der Waals surface area contributed by atoms with E-state index < -0.39 is 6.10 Å². The van der Waals surface area contributed by atoms with Crippen LogP contribution in [0.1, 0.15) is 56.7 Å². The molecule has 0 saturated carbocycles. The van der Waals surface area contributed by atoms with Crippen LogP contribution in [0.25, 0.3) is 0 Å². The summed E-state index contributed by atoms with van der Waals surface area (Å²) in [6.07, 6.45) is 0.526. The van der Waals surface area contributed by atoms with Crippen molar-refractivity contribution in [2.75, 3.05) is 50.8 Å². The van der Waals surface area contributed by atoms with E-state index in [-0.39, 0.29) is 55.0 Å². The number of thiophene rings is 4. The van der Waals surface area contributed by atoms with Crippen molar-refractivity contribution in [3.63, 3.8) is 0 Å². The van der Waals surface area contributed by atoms with Gasteiger partial charge in [0, 0.05) is 47.2 Å². The number of ether oxygens (including phenoxy) is 2. The van der Waals surface area contributed by atoms with E-state index in [9.17, 15) is 29.1 Å². The van der Waals surface area contributed by atoms with Gasteiger partial charge in [0.2, 0.25) is 0 Å². The summed E-state index contributed by atoms with van der Waals surface area (Å²) >= 11 is 29.9. The Morgan fingerprint density at radius 1 is 0.671 bits per heavy atom. The number of halogens is 5. The summed E-state index contributed by atoms with van der Waals surface area (Å²) in [6, 6.07) is 43.2. The summed E-state index contributed by atoms with van der Waals surface area (Å²) in [5.74, 6) is -0.604. The number of nitrogens with zero attached hydrogens (tertiary/aromatic N) is 1. The molecule has 0 spiro atoms. The zero-order valence-electron chi connectivity index (χ0n) is 43.4. The number of hydrogen-bond acceptors (Lipinski definition) is 14. The van der Waals surface area contributed by atoms with E-state index in [1.165, 1.54) is 50.9 Å². The largest absolute Gasteiger partial charge is 0.442 e. The molecule has 0 bridgehead atoms. The first-order valence-corrected chi connectivity index (χ1v) is 30.3. The van der Waals surface area contributed by atoms with Crippen molar-refractivity contribution < 1.29 is 39.9 Å². The highest BCUT2D eigenvalue weighted by Gasteiger charge is 2.31. The Morgan fingerprint density at radius 2 is 1.08 bits per heavy atom. The summed E-state index contributed by atoms with van der Waals surface area (Å²) in [5, 5.41) is 23.8. The second kappa shape index (κ2) is 37.9. The number of amides is 5. The Hall–Kier alpha value is -4.92. The number of aliphatic hydroxyl groups is 1. The van der Waals surface area contributed by atoms with E-state index in [1.54, 1.807) is 59.5 Å². The Morgan fingerprint density at radius 3 is 1.47 bits per heavy atom. The van der Waals surface area contributed by atoms with Gasteiger partial charge in [-0.2, -0.15) is 0 Å². The molecule has 2 aliphatic rings. The summed E-state index contributed by atoms with van der Waals surface area (Å²) < 4.78 is 18.8. The predicted octanol–water partition coefficient (Wildman–Crippen LogP) is 11.5. The van der Waals surface area contributed by atoms with E-state index in [2.05, 4.69) is 33.2 Å². The van der Waals surface area contributed by atoms with Gasteiger partial charge in [0.15, 0.2) is 0 Å². The Kier molecular flexibility index (Phi) is 31.1. The van der Waals surface area contributed by atoms with Gasteiger partial charge in [0.05, 0.1) is 68.8 Å². The number of hydrogen-bond donors (Lipinski definition) is 7. The molecule has 3 unspecified atom stereocenters. The third-order valence-corrected chi connectivity index (χ3v) is 15.2. The van der Waals surface area contributed by atoms with Gasteiger partial charge < -0.3 is 51.8 Å². The fourth-order valence-corrected chi connectivity index (χ4v) is 10.2. The van der Waals surface area contributed by atoms with Crippen LogP contribution in [0, 0.1) is 0 Å². The van der Waals surface area contributed by atoms with Crippen molar-refractivity contribution in [1.29, 1.82) is 0 Å².